The van der Waals surface area contributed by atoms with E-state index in [1.807, 2.05) is 0 Å². The van der Waals surface area contributed by atoms with Crippen LogP contribution in [-0.4, -0.2) is 62.2 Å². The highest BCUT2D eigenvalue weighted by atomic mass is 31.2. The van der Waals surface area contributed by atoms with Crippen LogP contribution in [0.4, 0.5) is 0 Å². The Hall–Kier alpha value is -0.950. The molecule has 1 N–H and O–H groups in total. The van der Waals surface area contributed by atoms with Crippen LogP contribution in [0.1, 0.15) is 34.1 Å². The zero-order valence-corrected chi connectivity index (χ0v) is 19.3. The number of nitrogens with one attached hydrogen (secondary N) is 1. The molecule has 0 radical (unpaired) electrons. The molecule has 1 rings (SSSR count). The van der Waals surface area contributed by atoms with Crippen LogP contribution in [0.5, 0.6) is 0 Å². The zero-order chi connectivity index (χ0) is 21.5. The van der Waals surface area contributed by atoms with E-state index in [9.17, 15) is 14.4 Å². The molecule has 0 aliphatic carbocycles. The van der Waals surface area contributed by atoms with E-state index < -0.39 is 27.9 Å². The summed E-state index contributed by atoms with van der Waals surface area (Å²) in [4.78, 5) is 37.7. The van der Waals surface area contributed by atoms with Gasteiger partial charge in [-0.3, -0.25) is 23.6 Å². The first kappa shape index (κ1) is 25.1. The van der Waals surface area contributed by atoms with Gasteiger partial charge in [0.05, 0.1) is 6.61 Å². The third kappa shape index (κ3) is 7.14. The van der Waals surface area contributed by atoms with Crippen LogP contribution in [0.25, 0.3) is 0 Å². The molecule has 3 amide bonds. The fourth-order valence-electron chi connectivity index (χ4n) is 3.00. The first-order valence-corrected chi connectivity index (χ1v) is 11.4. The molecule has 0 fully saturated rings. The van der Waals surface area contributed by atoms with Gasteiger partial charge < -0.3 is 18.9 Å². The number of amides is 3. The highest BCUT2D eigenvalue weighted by molar-refractivity contribution is 7.57. The minimum absolute atomic E-state index is 0.200. The molecular formula is C17H30N2O7P2. The third-order valence-corrected chi connectivity index (χ3v) is 6.73. The number of carbonyl (C=O) groups is 3. The maximum absolute atomic E-state index is 12.6. The van der Waals surface area contributed by atoms with Gasteiger partial charge in [0, 0.05) is 50.5 Å². The minimum atomic E-state index is -1.54. The van der Waals surface area contributed by atoms with Crippen molar-refractivity contribution >= 4 is 34.7 Å². The lowest BCUT2D eigenvalue weighted by molar-refractivity contribution is -0.146. The van der Waals surface area contributed by atoms with Crippen LogP contribution in [0.2, 0.25) is 0 Å². The summed E-state index contributed by atoms with van der Waals surface area (Å²) in [6, 6.07) is 0. The van der Waals surface area contributed by atoms with Gasteiger partial charge in [0.25, 0.3) is 11.8 Å². The van der Waals surface area contributed by atoms with Crippen molar-refractivity contribution in [2.45, 2.75) is 39.7 Å². The lowest BCUT2D eigenvalue weighted by atomic mass is 9.78. The molecule has 0 spiro atoms. The molecule has 28 heavy (non-hydrogen) atoms. The van der Waals surface area contributed by atoms with Crippen molar-refractivity contribution in [1.82, 2.24) is 10.2 Å². The van der Waals surface area contributed by atoms with E-state index in [0.717, 1.165) is 0 Å². The maximum atomic E-state index is 12.6. The summed E-state index contributed by atoms with van der Waals surface area (Å²) in [5, 5.41) is 2.81. The monoisotopic (exact) mass is 436 g/mol. The molecule has 2 unspecified atom stereocenters. The highest BCUT2D eigenvalue weighted by Crippen LogP contribution is 2.52. The van der Waals surface area contributed by atoms with Gasteiger partial charge >= 0.3 is 8.60 Å². The number of rotatable bonds is 12. The second-order valence-electron chi connectivity index (χ2n) is 7.42. The zero-order valence-electron chi connectivity index (χ0n) is 17.5. The second kappa shape index (κ2) is 10.7. The lowest BCUT2D eigenvalue weighted by Gasteiger charge is -2.39. The predicted molar refractivity (Wildman–Crippen MR) is 107 cm³/mol. The van der Waals surface area contributed by atoms with E-state index in [2.05, 4.69) is 5.32 Å². The van der Waals surface area contributed by atoms with Gasteiger partial charge in [-0.2, -0.15) is 0 Å². The Morgan fingerprint density at radius 1 is 1.11 bits per heavy atom. The van der Waals surface area contributed by atoms with Gasteiger partial charge in [0.15, 0.2) is 8.38 Å². The van der Waals surface area contributed by atoms with Crippen LogP contribution in [0.15, 0.2) is 12.2 Å². The Bertz CT molecular complexity index is 592. The summed E-state index contributed by atoms with van der Waals surface area (Å²) in [5.41, 5.74) is -1.60. The number of imide groups is 1. The van der Waals surface area contributed by atoms with E-state index in [4.69, 9.17) is 17.9 Å². The fourth-order valence-corrected chi connectivity index (χ4v) is 4.82. The molecule has 11 heteroatoms. The van der Waals surface area contributed by atoms with E-state index >= 15 is 0 Å². The van der Waals surface area contributed by atoms with Crippen molar-refractivity contribution in [1.29, 1.82) is 0 Å². The topological polar surface area (TPSA) is 103 Å². The van der Waals surface area contributed by atoms with Crippen molar-refractivity contribution in [3.63, 3.8) is 0 Å². The van der Waals surface area contributed by atoms with Crippen molar-refractivity contribution < 1.29 is 32.3 Å². The van der Waals surface area contributed by atoms with Gasteiger partial charge in [0.2, 0.25) is 5.91 Å². The molecule has 1 aliphatic rings. The smallest absolute Gasteiger partial charge is 0.337 e. The van der Waals surface area contributed by atoms with Crippen LogP contribution in [0, 0.1) is 5.41 Å². The molecular weight excluding hydrogens is 406 g/mol. The summed E-state index contributed by atoms with van der Waals surface area (Å²) in [6.45, 7) is 9.36. The van der Waals surface area contributed by atoms with Crippen LogP contribution < -0.4 is 5.32 Å². The molecule has 9 nitrogen and oxygen atoms in total. The maximum Gasteiger partial charge on any atom is 0.337 e. The molecule has 0 aromatic rings. The number of nitrogens with zero attached hydrogens (tertiary/aromatic N) is 1. The summed E-state index contributed by atoms with van der Waals surface area (Å²) >= 11 is 0. The van der Waals surface area contributed by atoms with Gasteiger partial charge in [0.1, 0.15) is 0 Å². The Labute approximate surface area is 169 Å². The Kier molecular flexibility index (Phi) is 9.60. The van der Waals surface area contributed by atoms with Crippen molar-refractivity contribution in [3.8, 4) is 0 Å². The molecule has 0 aromatic carbocycles. The van der Waals surface area contributed by atoms with Gasteiger partial charge in [-0.05, 0) is 20.3 Å². The Morgan fingerprint density at radius 3 is 2.18 bits per heavy atom. The predicted octanol–water partition coefficient (Wildman–Crippen LogP) is 2.72. The van der Waals surface area contributed by atoms with E-state index in [0.29, 0.717) is 6.42 Å². The number of hydrogen-bond acceptors (Lipinski definition) is 7. The molecule has 1 aliphatic heterocycles. The van der Waals surface area contributed by atoms with Crippen molar-refractivity contribution in [3.05, 3.63) is 12.2 Å². The number of hydrogen-bond donors (Lipinski definition) is 1. The molecule has 2 atom stereocenters. The van der Waals surface area contributed by atoms with Gasteiger partial charge in [-0.25, -0.2) is 0 Å². The summed E-state index contributed by atoms with van der Waals surface area (Å²) in [6.07, 6.45) is 2.81. The Morgan fingerprint density at radius 2 is 1.68 bits per heavy atom. The summed E-state index contributed by atoms with van der Waals surface area (Å²) in [5.74, 6) is -0.924. The van der Waals surface area contributed by atoms with Crippen LogP contribution in [-0.2, 0) is 32.3 Å². The molecule has 1 heterocycles. The van der Waals surface area contributed by atoms with Crippen LogP contribution in [0.3, 0.4) is 0 Å². The van der Waals surface area contributed by atoms with E-state index in [-0.39, 0.29) is 30.9 Å². The largest absolute Gasteiger partial charge is 0.353 e. The first-order valence-electron chi connectivity index (χ1n) is 8.72. The average molecular weight is 436 g/mol. The Balaban J connectivity index is 2.52. The van der Waals surface area contributed by atoms with Crippen molar-refractivity contribution in [2.75, 3.05) is 34.0 Å². The number of carbonyl (C=O) groups excluding carboxylic acids is 3. The molecule has 0 saturated carbocycles. The molecule has 0 aromatic heterocycles. The standard InChI is InChI=1S/C17H30N2O7P2/c1-16(2,12-17(3,4)19-13(20)8-9-14(19)21)15(22)18-10-11-25-28(24-6)26-27(7)23-5/h8-9H,10-12H2,1-7H3,(H,18,22). The van der Waals surface area contributed by atoms with Gasteiger partial charge in [-0.15, -0.1) is 0 Å². The quantitative estimate of drug-likeness (QED) is 0.285. The van der Waals surface area contributed by atoms with E-state index in [1.54, 1.807) is 34.4 Å². The lowest BCUT2D eigenvalue weighted by Crippen LogP contribution is -2.52. The first-order chi connectivity index (χ1) is 12.9. The van der Waals surface area contributed by atoms with E-state index in [1.165, 1.54) is 31.3 Å². The van der Waals surface area contributed by atoms with Gasteiger partial charge in [-0.1, -0.05) is 13.8 Å². The third-order valence-electron chi connectivity index (χ3n) is 4.08. The minimum Gasteiger partial charge on any atom is -0.353 e. The second-order valence-corrected chi connectivity index (χ2v) is 10.4. The SMILES string of the molecule is COP(C)OP(OC)OCCNC(=O)C(C)(C)CC(C)(C)N1C(=O)C=CC1=O. The molecule has 0 bridgehead atoms. The summed E-state index contributed by atoms with van der Waals surface area (Å²) in [7, 11) is 0.402. The molecule has 160 valence electrons. The van der Waals surface area contributed by atoms with Crippen molar-refractivity contribution in [2.24, 2.45) is 5.41 Å². The summed E-state index contributed by atoms with van der Waals surface area (Å²) < 4.78 is 21.1. The normalized spacial score (nSPS) is 17.2. The average Bonchev–Trinajstić information content (AvgIpc) is 2.95. The molecule has 0 saturated heterocycles. The highest BCUT2D eigenvalue weighted by Gasteiger charge is 2.43. The van der Waals surface area contributed by atoms with Crippen LogP contribution >= 0.6 is 17.0 Å². The fraction of sp³-hybridized carbons (Fsp3) is 0.706.